The van der Waals surface area contributed by atoms with Gasteiger partial charge >= 0.3 is 0 Å². The lowest BCUT2D eigenvalue weighted by molar-refractivity contribution is 0.597. The molecule has 0 atom stereocenters. The molecule has 0 aliphatic heterocycles. The maximum atomic E-state index is 12.9. The van der Waals surface area contributed by atoms with Crippen molar-refractivity contribution in [3.63, 3.8) is 0 Å². The Kier molecular flexibility index (Phi) is 4.51. The largest absolute Gasteiger partial charge is 0.326 e. The minimum Gasteiger partial charge on any atom is -0.326 e. The Morgan fingerprint density at radius 1 is 1.43 bits per heavy atom. The molecule has 3 nitrogen and oxygen atoms in total. The van der Waals surface area contributed by atoms with Crippen LogP contribution in [0.4, 0.5) is 4.39 Å². The molecule has 0 saturated carbocycles. The van der Waals surface area contributed by atoms with Crippen molar-refractivity contribution in [2.75, 3.05) is 6.26 Å². The van der Waals surface area contributed by atoms with E-state index in [1.54, 1.807) is 0 Å². The van der Waals surface area contributed by atoms with Crippen LogP contribution in [-0.4, -0.2) is 14.7 Å². The van der Waals surface area contributed by atoms with Gasteiger partial charge in [0.05, 0.1) is 4.90 Å². The highest BCUT2D eigenvalue weighted by Crippen LogP contribution is 2.14. The van der Waals surface area contributed by atoms with Gasteiger partial charge in [0.1, 0.15) is 5.82 Å². The Hall–Kier alpha value is -0.650. The van der Waals surface area contributed by atoms with Crippen molar-refractivity contribution in [2.45, 2.75) is 11.4 Å². The van der Waals surface area contributed by atoms with Gasteiger partial charge in [0.15, 0.2) is 9.84 Å². The molecule has 0 amide bonds. The van der Waals surface area contributed by atoms with Gasteiger partial charge in [-0.3, -0.25) is 0 Å². The Labute approximate surface area is 88.4 Å². The molecule has 1 aromatic carbocycles. The van der Waals surface area contributed by atoms with E-state index in [2.05, 4.69) is 0 Å². The predicted molar refractivity (Wildman–Crippen MR) is 54.6 cm³/mol. The van der Waals surface area contributed by atoms with E-state index in [-0.39, 0.29) is 29.4 Å². The molecule has 1 aromatic rings. The smallest absolute Gasteiger partial charge is 0.175 e. The topological polar surface area (TPSA) is 60.2 Å². The molecular formula is C8H11ClFNO2S. The summed E-state index contributed by atoms with van der Waals surface area (Å²) in [5.74, 6) is -0.477. The number of hydrogen-bond donors (Lipinski definition) is 1. The zero-order valence-electron chi connectivity index (χ0n) is 7.53. The predicted octanol–water partition coefficient (Wildman–Crippen LogP) is 1.11. The molecule has 0 aliphatic carbocycles. The first-order valence-corrected chi connectivity index (χ1v) is 5.53. The average molecular weight is 240 g/mol. The third-order valence-corrected chi connectivity index (χ3v) is 2.78. The summed E-state index contributed by atoms with van der Waals surface area (Å²) in [6.45, 7) is -0.00477. The first kappa shape index (κ1) is 13.4. The molecule has 0 radical (unpaired) electrons. The monoisotopic (exact) mass is 239 g/mol. The Balaban J connectivity index is 0.00000169. The molecule has 0 unspecified atom stereocenters. The Bertz CT molecular complexity index is 419. The van der Waals surface area contributed by atoms with Crippen molar-refractivity contribution in [3.8, 4) is 0 Å². The van der Waals surface area contributed by atoms with E-state index in [9.17, 15) is 12.8 Å². The fraction of sp³-hybridized carbons (Fsp3) is 0.250. The molecule has 80 valence electrons. The fourth-order valence-electron chi connectivity index (χ4n) is 0.938. The number of nitrogens with two attached hydrogens (primary N) is 1. The average Bonchev–Trinajstić information content (AvgIpc) is 2.03. The highest BCUT2D eigenvalue weighted by atomic mass is 35.5. The molecule has 0 aliphatic rings. The van der Waals surface area contributed by atoms with Crippen LogP contribution in [0.25, 0.3) is 0 Å². The van der Waals surface area contributed by atoms with Gasteiger partial charge in [0.25, 0.3) is 0 Å². The van der Waals surface area contributed by atoms with E-state index >= 15 is 0 Å². The van der Waals surface area contributed by atoms with Crippen molar-refractivity contribution in [2.24, 2.45) is 5.73 Å². The van der Waals surface area contributed by atoms with Crippen molar-refractivity contribution in [1.29, 1.82) is 0 Å². The molecule has 6 heteroatoms. The molecule has 0 saturated heterocycles. The van der Waals surface area contributed by atoms with Crippen LogP contribution in [0.3, 0.4) is 0 Å². The molecule has 0 spiro atoms. The summed E-state index contributed by atoms with van der Waals surface area (Å²) in [5.41, 5.74) is 5.44. The van der Waals surface area contributed by atoms with E-state index in [0.717, 1.165) is 12.3 Å². The van der Waals surface area contributed by atoms with Crippen LogP contribution in [0, 0.1) is 5.82 Å². The van der Waals surface area contributed by atoms with Gasteiger partial charge in [-0.05, 0) is 18.2 Å². The maximum Gasteiger partial charge on any atom is 0.175 e. The number of rotatable bonds is 2. The van der Waals surface area contributed by atoms with E-state index < -0.39 is 15.7 Å². The van der Waals surface area contributed by atoms with Crippen LogP contribution < -0.4 is 5.73 Å². The minimum absolute atomic E-state index is 0. The van der Waals surface area contributed by atoms with Crippen LogP contribution in [0.2, 0.25) is 0 Å². The zero-order valence-corrected chi connectivity index (χ0v) is 9.16. The summed E-state index contributed by atoms with van der Waals surface area (Å²) >= 11 is 0. The van der Waals surface area contributed by atoms with Gasteiger partial charge in [0, 0.05) is 18.4 Å². The Morgan fingerprint density at radius 2 is 2.00 bits per heavy atom. The van der Waals surface area contributed by atoms with Crippen LogP contribution >= 0.6 is 12.4 Å². The minimum atomic E-state index is -3.27. The molecule has 2 N–H and O–H groups in total. The highest BCUT2D eigenvalue weighted by Gasteiger charge is 2.09. The van der Waals surface area contributed by atoms with Crippen LogP contribution in [0.15, 0.2) is 23.1 Å². The molecule has 0 bridgehead atoms. The second kappa shape index (κ2) is 4.72. The second-order valence-corrected chi connectivity index (χ2v) is 4.75. The maximum absolute atomic E-state index is 12.9. The molecular weight excluding hydrogens is 229 g/mol. The molecule has 14 heavy (non-hydrogen) atoms. The fourth-order valence-corrected chi connectivity index (χ4v) is 1.61. The van der Waals surface area contributed by atoms with Gasteiger partial charge in [-0.25, -0.2) is 12.8 Å². The summed E-state index contributed by atoms with van der Waals surface area (Å²) in [4.78, 5) is 0.0920. The summed E-state index contributed by atoms with van der Waals surface area (Å²) < 4.78 is 35.0. The quantitative estimate of drug-likeness (QED) is 0.787. The summed E-state index contributed by atoms with van der Waals surface area (Å²) in [6.07, 6.45) is 1.07. The molecule has 1 rings (SSSR count). The van der Waals surface area contributed by atoms with Gasteiger partial charge in [-0.15, -0.1) is 12.4 Å². The van der Waals surface area contributed by atoms with E-state index in [1.165, 1.54) is 12.1 Å². The number of benzene rings is 1. The third kappa shape index (κ3) is 2.94. The van der Waals surface area contributed by atoms with Crippen LogP contribution in [0.1, 0.15) is 5.56 Å². The lowest BCUT2D eigenvalue weighted by Gasteiger charge is -2.02. The molecule has 0 aromatic heterocycles. The van der Waals surface area contributed by atoms with E-state index in [1.807, 2.05) is 0 Å². The number of hydrogen-bond acceptors (Lipinski definition) is 3. The molecule has 0 fully saturated rings. The summed E-state index contributed by atoms with van der Waals surface area (Å²) in [7, 11) is -3.27. The van der Waals surface area contributed by atoms with Gasteiger partial charge in [-0.1, -0.05) is 0 Å². The summed E-state index contributed by atoms with van der Waals surface area (Å²) in [6, 6.07) is 3.59. The Morgan fingerprint density at radius 3 is 2.43 bits per heavy atom. The first-order chi connectivity index (χ1) is 5.95. The van der Waals surface area contributed by atoms with Gasteiger partial charge in [0.2, 0.25) is 0 Å². The zero-order chi connectivity index (χ0) is 10.1. The van der Waals surface area contributed by atoms with Crippen molar-refractivity contribution in [3.05, 3.63) is 29.6 Å². The normalized spacial score (nSPS) is 10.8. The van der Waals surface area contributed by atoms with E-state index in [4.69, 9.17) is 5.73 Å². The van der Waals surface area contributed by atoms with Crippen molar-refractivity contribution < 1.29 is 12.8 Å². The number of halogens is 2. The van der Waals surface area contributed by atoms with E-state index in [0.29, 0.717) is 0 Å². The van der Waals surface area contributed by atoms with Crippen LogP contribution in [0.5, 0.6) is 0 Å². The van der Waals surface area contributed by atoms with Crippen molar-refractivity contribution in [1.82, 2.24) is 0 Å². The first-order valence-electron chi connectivity index (χ1n) is 3.63. The SMILES string of the molecule is CS(=O)(=O)c1ccc(F)c(CN)c1.Cl. The van der Waals surface area contributed by atoms with Crippen LogP contribution in [-0.2, 0) is 16.4 Å². The summed E-state index contributed by atoms with van der Waals surface area (Å²) in [5, 5.41) is 0. The molecule has 0 heterocycles. The third-order valence-electron chi connectivity index (χ3n) is 1.67. The van der Waals surface area contributed by atoms with Crippen molar-refractivity contribution >= 4 is 22.2 Å². The standard InChI is InChI=1S/C8H10FNO2S.ClH/c1-13(11,12)7-2-3-8(9)6(4-7)5-10;/h2-4H,5,10H2,1H3;1H. The van der Waals surface area contributed by atoms with Gasteiger partial charge < -0.3 is 5.73 Å². The number of sulfone groups is 1. The lowest BCUT2D eigenvalue weighted by atomic mass is 10.2. The highest BCUT2D eigenvalue weighted by molar-refractivity contribution is 7.90. The second-order valence-electron chi connectivity index (χ2n) is 2.73. The van der Waals surface area contributed by atoms with Gasteiger partial charge in [-0.2, -0.15) is 0 Å². The lowest BCUT2D eigenvalue weighted by Crippen LogP contribution is -2.03.